The van der Waals surface area contributed by atoms with Crippen molar-refractivity contribution < 1.29 is 23.6 Å². The molecule has 0 saturated carbocycles. The number of carbonyl (C=O) groups is 4. The monoisotopic (exact) mass is 586 g/mol. The van der Waals surface area contributed by atoms with Gasteiger partial charge in [-0.15, -0.1) is 0 Å². The van der Waals surface area contributed by atoms with Crippen LogP contribution in [0.3, 0.4) is 0 Å². The maximum atomic E-state index is 13.8. The first-order valence-corrected chi connectivity index (χ1v) is 14.8. The fraction of sp³-hybridized carbons (Fsp3) is 0.353. The summed E-state index contributed by atoms with van der Waals surface area (Å²) in [4.78, 5) is 56.7. The summed E-state index contributed by atoms with van der Waals surface area (Å²) in [7, 11) is 0. The molecule has 1 heterocycles. The molecule has 43 heavy (non-hydrogen) atoms. The van der Waals surface area contributed by atoms with Crippen molar-refractivity contribution in [2.24, 2.45) is 11.7 Å². The van der Waals surface area contributed by atoms with Gasteiger partial charge in [0.2, 0.25) is 5.91 Å². The molecule has 4 rings (SSSR count). The first kappa shape index (κ1) is 31.6. The molecule has 0 fully saturated rings. The van der Waals surface area contributed by atoms with Gasteiger partial charge < -0.3 is 16.0 Å². The Kier molecular flexibility index (Phi) is 10.4. The number of nitrogens with one attached hydrogen (secondary N) is 1. The number of nitrogens with two attached hydrogens (primary N) is 1. The highest BCUT2D eigenvalue weighted by Crippen LogP contribution is 2.30. The average Bonchev–Trinajstić information content (AvgIpc) is 3.25. The number of amides is 4. The van der Waals surface area contributed by atoms with E-state index in [4.69, 9.17) is 5.73 Å². The van der Waals surface area contributed by atoms with E-state index in [0.717, 1.165) is 18.4 Å². The van der Waals surface area contributed by atoms with Crippen LogP contribution < -0.4 is 11.1 Å². The van der Waals surface area contributed by atoms with E-state index in [1.54, 1.807) is 24.0 Å². The highest BCUT2D eigenvalue weighted by atomic mass is 19.1. The molecule has 0 aromatic heterocycles. The van der Waals surface area contributed by atoms with Crippen LogP contribution in [-0.2, 0) is 11.2 Å². The summed E-state index contributed by atoms with van der Waals surface area (Å²) >= 11 is 0. The van der Waals surface area contributed by atoms with Crippen molar-refractivity contribution in [3.05, 3.63) is 101 Å². The van der Waals surface area contributed by atoms with Gasteiger partial charge in [0.25, 0.3) is 17.7 Å². The molecule has 0 saturated heterocycles. The van der Waals surface area contributed by atoms with Crippen molar-refractivity contribution >= 4 is 29.3 Å². The van der Waals surface area contributed by atoms with Gasteiger partial charge in [-0.1, -0.05) is 51.1 Å². The van der Waals surface area contributed by atoms with Crippen LogP contribution in [0.25, 0.3) is 0 Å². The van der Waals surface area contributed by atoms with Crippen molar-refractivity contribution in [2.45, 2.75) is 58.5 Å². The molecular weight excluding hydrogens is 547 g/mol. The zero-order valence-electron chi connectivity index (χ0n) is 24.9. The minimum Gasteiger partial charge on any atom is -0.339 e. The molecule has 0 spiro atoms. The van der Waals surface area contributed by atoms with Crippen molar-refractivity contribution in [1.82, 2.24) is 9.80 Å². The Morgan fingerprint density at radius 2 is 1.53 bits per heavy atom. The van der Waals surface area contributed by atoms with Crippen molar-refractivity contribution in [1.29, 1.82) is 0 Å². The van der Waals surface area contributed by atoms with Crippen molar-refractivity contribution in [3.63, 3.8) is 0 Å². The molecule has 3 atom stereocenters. The maximum Gasteiger partial charge on any atom is 0.261 e. The van der Waals surface area contributed by atoms with Gasteiger partial charge in [0.1, 0.15) is 5.82 Å². The molecule has 1 aliphatic rings. The number of carbonyl (C=O) groups excluding carboxylic acids is 4. The number of hydrogen-bond acceptors (Lipinski definition) is 5. The van der Waals surface area contributed by atoms with Gasteiger partial charge >= 0.3 is 0 Å². The number of fused-ring (bicyclic) bond motifs is 1. The number of benzene rings is 3. The summed E-state index contributed by atoms with van der Waals surface area (Å²) in [6.45, 7) is 6.93. The van der Waals surface area contributed by atoms with E-state index in [0.29, 0.717) is 30.8 Å². The summed E-state index contributed by atoms with van der Waals surface area (Å²) < 4.78 is 13.3. The van der Waals surface area contributed by atoms with E-state index in [2.05, 4.69) is 5.32 Å². The summed E-state index contributed by atoms with van der Waals surface area (Å²) in [6, 6.07) is 18.1. The smallest absolute Gasteiger partial charge is 0.261 e. The second-order valence-corrected chi connectivity index (χ2v) is 11.1. The normalized spacial score (nSPS) is 14.7. The minimum atomic E-state index is -0.744. The Balaban J connectivity index is 1.58. The molecule has 9 heteroatoms. The standard InChI is InChI=1S/C34H39FN4O4/c1-4-17-38(18-5-2)32(41)24-11-16-27-28(21-24)34(43)39(33(27)42)30(20-23-9-7-6-8-10-23)29(36)19-22(3)31(40)37-26-14-12-25(35)13-15-26/h6-16,21-22,29-30H,4-5,17-20,36H2,1-3H3,(H,37,40)/t22-,29+,30+/m1/s1. The van der Waals surface area contributed by atoms with E-state index in [9.17, 15) is 23.6 Å². The Hall–Kier alpha value is -4.37. The topological polar surface area (TPSA) is 113 Å². The van der Waals surface area contributed by atoms with Crippen LogP contribution in [0.5, 0.6) is 0 Å². The minimum absolute atomic E-state index is 0.177. The van der Waals surface area contributed by atoms with E-state index in [-0.39, 0.29) is 29.4 Å². The molecular formula is C34H39FN4O4. The first-order chi connectivity index (χ1) is 20.6. The van der Waals surface area contributed by atoms with Gasteiger partial charge in [0.15, 0.2) is 0 Å². The van der Waals surface area contributed by atoms with E-state index >= 15 is 0 Å². The molecule has 0 radical (unpaired) electrons. The fourth-order valence-corrected chi connectivity index (χ4v) is 5.49. The zero-order valence-corrected chi connectivity index (χ0v) is 24.9. The van der Waals surface area contributed by atoms with Gasteiger partial charge in [0.05, 0.1) is 17.2 Å². The molecule has 0 bridgehead atoms. The Bertz CT molecular complexity index is 1450. The van der Waals surface area contributed by atoms with Crippen LogP contribution in [-0.4, -0.2) is 58.6 Å². The highest BCUT2D eigenvalue weighted by molar-refractivity contribution is 6.22. The summed E-state index contributed by atoms with van der Waals surface area (Å²) in [5.41, 5.74) is 8.81. The third-order valence-corrected chi connectivity index (χ3v) is 7.74. The number of hydrogen-bond donors (Lipinski definition) is 2. The lowest BCUT2D eigenvalue weighted by Gasteiger charge is -2.32. The third-order valence-electron chi connectivity index (χ3n) is 7.74. The first-order valence-electron chi connectivity index (χ1n) is 14.8. The van der Waals surface area contributed by atoms with Crippen molar-refractivity contribution in [2.75, 3.05) is 18.4 Å². The lowest BCUT2D eigenvalue weighted by Crippen LogP contribution is -2.52. The van der Waals surface area contributed by atoms with Gasteiger partial charge in [-0.25, -0.2) is 4.39 Å². The Morgan fingerprint density at radius 1 is 0.907 bits per heavy atom. The third kappa shape index (κ3) is 7.35. The molecule has 0 aliphatic carbocycles. The molecule has 3 aromatic rings. The second kappa shape index (κ2) is 14.2. The Morgan fingerprint density at radius 3 is 2.16 bits per heavy atom. The zero-order chi connectivity index (χ0) is 31.1. The summed E-state index contributed by atoms with van der Waals surface area (Å²) in [6.07, 6.45) is 2.10. The maximum absolute atomic E-state index is 13.8. The molecule has 1 aliphatic heterocycles. The number of halogens is 1. The van der Waals surface area contributed by atoms with Crippen LogP contribution in [0.2, 0.25) is 0 Å². The van der Waals surface area contributed by atoms with E-state index in [1.165, 1.54) is 35.2 Å². The predicted molar refractivity (Wildman–Crippen MR) is 164 cm³/mol. The summed E-state index contributed by atoms with van der Waals surface area (Å²) in [5.74, 6) is -2.45. The second-order valence-electron chi connectivity index (χ2n) is 11.1. The molecule has 3 aromatic carbocycles. The van der Waals surface area contributed by atoms with Crippen molar-refractivity contribution in [3.8, 4) is 0 Å². The number of anilines is 1. The van der Waals surface area contributed by atoms with Gasteiger partial charge in [-0.2, -0.15) is 0 Å². The van der Waals surface area contributed by atoms with Gasteiger partial charge in [0, 0.05) is 36.3 Å². The van der Waals surface area contributed by atoms with Crippen LogP contribution in [0.4, 0.5) is 10.1 Å². The molecule has 226 valence electrons. The lowest BCUT2D eigenvalue weighted by atomic mass is 9.91. The SMILES string of the molecule is CCCN(CCC)C(=O)c1ccc2c(c1)C(=O)N([C@@H](Cc1ccccc1)[C@@H](N)C[C@@H](C)C(=O)Nc1ccc(F)cc1)C2=O. The molecule has 4 amide bonds. The molecule has 8 nitrogen and oxygen atoms in total. The average molecular weight is 587 g/mol. The van der Waals surface area contributed by atoms with E-state index in [1.807, 2.05) is 44.2 Å². The van der Waals surface area contributed by atoms with Gasteiger partial charge in [-0.05, 0) is 73.7 Å². The lowest BCUT2D eigenvalue weighted by molar-refractivity contribution is -0.119. The molecule has 0 unspecified atom stereocenters. The highest BCUT2D eigenvalue weighted by Gasteiger charge is 2.43. The van der Waals surface area contributed by atoms with Gasteiger partial charge in [-0.3, -0.25) is 24.1 Å². The number of rotatable bonds is 13. The number of nitrogens with zero attached hydrogens (tertiary/aromatic N) is 2. The number of imide groups is 1. The quantitative estimate of drug-likeness (QED) is 0.265. The van der Waals surface area contributed by atoms with Crippen LogP contribution in [0.15, 0.2) is 72.8 Å². The van der Waals surface area contributed by atoms with Crippen LogP contribution in [0, 0.1) is 11.7 Å². The van der Waals surface area contributed by atoms with Crippen LogP contribution in [0.1, 0.15) is 76.7 Å². The largest absolute Gasteiger partial charge is 0.339 e. The molecule has 3 N–H and O–H groups in total. The summed E-state index contributed by atoms with van der Waals surface area (Å²) in [5, 5.41) is 2.76. The van der Waals surface area contributed by atoms with Crippen LogP contribution >= 0.6 is 0 Å². The fourth-order valence-electron chi connectivity index (χ4n) is 5.49. The predicted octanol–water partition coefficient (Wildman–Crippen LogP) is 5.29. The Labute approximate surface area is 252 Å². The van der Waals surface area contributed by atoms with E-state index < -0.39 is 35.6 Å².